The fraction of sp³-hybridized carbons (Fsp3) is 0.750. The summed E-state index contributed by atoms with van der Waals surface area (Å²) < 4.78 is 6.15. The van der Waals surface area contributed by atoms with Gasteiger partial charge in [-0.1, -0.05) is 33.6 Å². The number of nitrogens with zero attached hydrogens (tertiary/aromatic N) is 2. The average molecular weight is 277 g/mol. The van der Waals surface area contributed by atoms with Crippen LogP contribution in [0.5, 0.6) is 5.88 Å². The van der Waals surface area contributed by atoms with Crippen LogP contribution in [0.1, 0.15) is 70.7 Å². The molecule has 2 rings (SSSR count). The van der Waals surface area contributed by atoms with Gasteiger partial charge in [-0.25, -0.2) is 4.98 Å². The molecule has 4 heteroatoms. The lowest BCUT2D eigenvalue weighted by Crippen LogP contribution is -2.21. The second-order valence-electron chi connectivity index (χ2n) is 6.84. The van der Waals surface area contributed by atoms with Crippen LogP contribution >= 0.6 is 0 Å². The van der Waals surface area contributed by atoms with Crippen LogP contribution in [0.2, 0.25) is 0 Å². The zero-order valence-electron chi connectivity index (χ0n) is 13.2. The Kier molecular flexibility index (Phi) is 4.51. The van der Waals surface area contributed by atoms with E-state index in [1.165, 1.54) is 25.7 Å². The minimum Gasteiger partial charge on any atom is -0.474 e. The van der Waals surface area contributed by atoms with Crippen molar-refractivity contribution >= 4 is 5.82 Å². The normalized spacial score (nSPS) is 17.8. The minimum absolute atomic E-state index is 0.122. The molecule has 1 aliphatic carbocycles. The molecule has 1 aliphatic rings. The third-order valence-electron chi connectivity index (χ3n) is 3.89. The standard InChI is InChI=1S/C16H27N3O/c1-11-13(17)18-15(16(2,3)4)19-14(11)20-12-9-7-5-6-8-10-12/h12H,5-10H2,1-4H3,(H2,17,18,19). The van der Waals surface area contributed by atoms with Crippen molar-refractivity contribution in [3.05, 3.63) is 11.4 Å². The molecule has 0 aliphatic heterocycles. The molecule has 0 unspecified atom stereocenters. The van der Waals surface area contributed by atoms with Gasteiger partial charge in [0.1, 0.15) is 17.7 Å². The first kappa shape index (κ1) is 15.1. The Labute approximate surface area is 122 Å². The van der Waals surface area contributed by atoms with Gasteiger partial charge in [0.15, 0.2) is 0 Å². The highest BCUT2D eigenvalue weighted by Crippen LogP contribution is 2.29. The van der Waals surface area contributed by atoms with Crippen molar-refractivity contribution in [2.24, 2.45) is 0 Å². The maximum Gasteiger partial charge on any atom is 0.222 e. The lowest BCUT2D eigenvalue weighted by Gasteiger charge is -2.22. The molecule has 1 fully saturated rings. The van der Waals surface area contributed by atoms with Crippen LogP contribution in [0.25, 0.3) is 0 Å². The molecular weight excluding hydrogens is 250 g/mol. The summed E-state index contributed by atoms with van der Waals surface area (Å²) in [5.41, 5.74) is 6.76. The summed E-state index contributed by atoms with van der Waals surface area (Å²) in [7, 11) is 0. The third-order valence-corrected chi connectivity index (χ3v) is 3.89. The van der Waals surface area contributed by atoms with Crippen molar-refractivity contribution in [3.63, 3.8) is 0 Å². The summed E-state index contributed by atoms with van der Waals surface area (Å²) in [5.74, 6) is 1.96. The predicted molar refractivity (Wildman–Crippen MR) is 82.0 cm³/mol. The zero-order chi connectivity index (χ0) is 14.8. The van der Waals surface area contributed by atoms with Gasteiger partial charge in [0.2, 0.25) is 5.88 Å². The van der Waals surface area contributed by atoms with Gasteiger partial charge in [-0.3, -0.25) is 0 Å². The fourth-order valence-corrected chi connectivity index (χ4v) is 2.48. The molecule has 20 heavy (non-hydrogen) atoms. The first-order valence-corrected chi connectivity index (χ1v) is 7.69. The van der Waals surface area contributed by atoms with Crippen LogP contribution < -0.4 is 10.5 Å². The zero-order valence-corrected chi connectivity index (χ0v) is 13.2. The second kappa shape index (κ2) is 5.98. The van der Waals surface area contributed by atoms with E-state index in [9.17, 15) is 0 Å². The minimum atomic E-state index is -0.122. The second-order valence-corrected chi connectivity index (χ2v) is 6.84. The third kappa shape index (κ3) is 3.62. The van der Waals surface area contributed by atoms with Crippen molar-refractivity contribution in [2.75, 3.05) is 5.73 Å². The number of hydrogen-bond acceptors (Lipinski definition) is 4. The van der Waals surface area contributed by atoms with Gasteiger partial charge in [0.05, 0.1) is 5.56 Å². The smallest absolute Gasteiger partial charge is 0.222 e. The molecule has 1 saturated carbocycles. The monoisotopic (exact) mass is 277 g/mol. The Balaban J connectivity index is 2.23. The van der Waals surface area contributed by atoms with Crippen LogP contribution in [-0.2, 0) is 5.41 Å². The van der Waals surface area contributed by atoms with E-state index < -0.39 is 0 Å². The van der Waals surface area contributed by atoms with Crippen LogP contribution in [0.4, 0.5) is 5.82 Å². The Bertz CT molecular complexity index is 458. The number of anilines is 1. The molecule has 0 radical (unpaired) electrons. The number of hydrogen-bond donors (Lipinski definition) is 1. The van der Waals surface area contributed by atoms with E-state index in [0.717, 1.165) is 24.2 Å². The Morgan fingerprint density at radius 3 is 2.20 bits per heavy atom. The highest BCUT2D eigenvalue weighted by molar-refractivity contribution is 5.45. The molecular formula is C16H27N3O. The van der Waals surface area contributed by atoms with Crippen LogP contribution in [0.15, 0.2) is 0 Å². The fourth-order valence-electron chi connectivity index (χ4n) is 2.48. The van der Waals surface area contributed by atoms with Crippen LogP contribution in [-0.4, -0.2) is 16.1 Å². The first-order valence-electron chi connectivity index (χ1n) is 7.69. The van der Waals surface area contributed by atoms with Gasteiger partial charge in [0.25, 0.3) is 0 Å². The van der Waals surface area contributed by atoms with E-state index >= 15 is 0 Å². The molecule has 2 N–H and O–H groups in total. The topological polar surface area (TPSA) is 61.0 Å². The quantitative estimate of drug-likeness (QED) is 0.836. The summed E-state index contributed by atoms with van der Waals surface area (Å²) in [6, 6.07) is 0. The summed E-state index contributed by atoms with van der Waals surface area (Å²) in [6.45, 7) is 8.21. The lowest BCUT2D eigenvalue weighted by molar-refractivity contribution is 0.173. The first-order chi connectivity index (χ1) is 9.38. The Morgan fingerprint density at radius 2 is 1.65 bits per heavy atom. The highest BCUT2D eigenvalue weighted by atomic mass is 16.5. The molecule has 0 aromatic carbocycles. The Hall–Kier alpha value is -1.32. The maximum absolute atomic E-state index is 6.15. The van der Waals surface area contributed by atoms with Gasteiger partial charge < -0.3 is 10.5 Å². The molecule has 1 heterocycles. The SMILES string of the molecule is Cc1c(N)nc(C(C)(C)C)nc1OC1CCCCCC1. The molecule has 4 nitrogen and oxygen atoms in total. The van der Waals surface area contributed by atoms with Crippen molar-refractivity contribution in [3.8, 4) is 5.88 Å². The summed E-state index contributed by atoms with van der Waals surface area (Å²) in [5, 5.41) is 0. The Morgan fingerprint density at radius 1 is 1.05 bits per heavy atom. The summed E-state index contributed by atoms with van der Waals surface area (Å²) in [4.78, 5) is 9.02. The van der Waals surface area contributed by atoms with E-state index in [2.05, 4.69) is 30.7 Å². The van der Waals surface area contributed by atoms with Crippen molar-refractivity contribution in [1.82, 2.24) is 9.97 Å². The molecule has 0 saturated heterocycles. The number of aromatic nitrogens is 2. The van der Waals surface area contributed by atoms with Gasteiger partial charge in [-0.2, -0.15) is 4.98 Å². The maximum atomic E-state index is 6.15. The van der Waals surface area contributed by atoms with Crippen LogP contribution in [0.3, 0.4) is 0 Å². The van der Waals surface area contributed by atoms with E-state index in [4.69, 9.17) is 10.5 Å². The molecule has 0 spiro atoms. The van der Waals surface area contributed by atoms with Crippen molar-refractivity contribution in [2.45, 2.75) is 77.7 Å². The number of rotatable bonds is 2. The largest absolute Gasteiger partial charge is 0.474 e. The van der Waals surface area contributed by atoms with Gasteiger partial charge in [0, 0.05) is 5.41 Å². The molecule has 1 aromatic rings. The average Bonchev–Trinajstić information content (AvgIpc) is 2.62. The van der Waals surface area contributed by atoms with Gasteiger partial charge >= 0.3 is 0 Å². The molecule has 0 bridgehead atoms. The van der Waals surface area contributed by atoms with Crippen molar-refractivity contribution in [1.29, 1.82) is 0 Å². The van der Waals surface area contributed by atoms with Gasteiger partial charge in [-0.05, 0) is 32.6 Å². The van der Waals surface area contributed by atoms with Crippen LogP contribution in [0, 0.1) is 6.92 Å². The van der Waals surface area contributed by atoms with E-state index in [1.54, 1.807) is 0 Å². The van der Waals surface area contributed by atoms with Gasteiger partial charge in [-0.15, -0.1) is 0 Å². The molecule has 0 atom stereocenters. The number of nitrogen functional groups attached to an aromatic ring is 1. The molecule has 0 amide bonds. The lowest BCUT2D eigenvalue weighted by atomic mass is 9.95. The highest BCUT2D eigenvalue weighted by Gasteiger charge is 2.23. The predicted octanol–water partition coefficient (Wildman–Crippen LogP) is 3.77. The van der Waals surface area contributed by atoms with Crippen molar-refractivity contribution < 1.29 is 4.74 Å². The number of nitrogens with two attached hydrogens (primary N) is 1. The van der Waals surface area contributed by atoms with E-state index in [0.29, 0.717) is 11.7 Å². The van der Waals surface area contributed by atoms with E-state index in [-0.39, 0.29) is 11.5 Å². The summed E-state index contributed by atoms with van der Waals surface area (Å²) >= 11 is 0. The molecule has 112 valence electrons. The number of ether oxygens (including phenoxy) is 1. The van der Waals surface area contributed by atoms with E-state index in [1.807, 2.05) is 6.92 Å². The molecule has 1 aromatic heterocycles. The summed E-state index contributed by atoms with van der Waals surface area (Å²) in [6.07, 6.45) is 7.64.